The number of carbonyl (C=O) groups is 2. The molecule has 2 rings (SSSR count). The Bertz CT molecular complexity index is 818. The molecule has 0 bridgehead atoms. The van der Waals surface area contributed by atoms with Crippen molar-refractivity contribution < 1.29 is 24.2 Å². The molecule has 0 aromatic heterocycles. The molecule has 0 heterocycles. The Morgan fingerprint density at radius 1 is 1.08 bits per heavy atom. The standard InChI is InChI=1S/C19H22N2O5/c1-21(2)18(23)12-6-8-17(25-3)15(10-12)20-11-14-9-13(19(24)26-4)5-7-16(14)22/h5-10,20,22H,11H2,1-4H3. The number of carbonyl (C=O) groups excluding carboxylic acids is 2. The summed E-state index contributed by atoms with van der Waals surface area (Å²) in [6.07, 6.45) is 0. The van der Waals surface area contributed by atoms with Gasteiger partial charge in [-0.05, 0) is 36.4 Å². The maximum atomic E-state index is 12.1. The Kier molecular flexibility index (Phi) is 6.06. The van der Waals surface area contributed by atoms with Crippen molar-refractivity contribution in [2.45, 2.75) is 6.54 Å². The molecule has 2 N–H and O–H groups in total. The zero-order valence-electron chi connectivity index (χ0n) is 15.2. The van der Waals surface area contributed by atoms with Crippen LogP contribution in [0.4, 0.5) is 5.69 Å². The highest BCUT2D eigenvalue weighted by atomic mass is 16.5. The van der Waals surface area contributed by atoms with Crippen LogP contribution in [-0.4, -0.2) is 50.2 Å². The minimum Gasteiger partial charge on any atom is -0.508 e. The predicted octanol–water partition coefficient (Wildman–Crippen LogP) is 2.50. The van der Waals surface area contributed by atoms with Crippen molar-refractivity contribution in [1.29, 1.82) is 0 Å². The number of hydrogen-bond donors (Lipinski definition) is 2. The van der Waals surface area contributed by atoms with E-state index < -0.39 is 5.97 Å². The summed E-state index contributed by atoms with van der Waals surface area (Å²) in [6.45, 7) is 0.229. The van der Waals surface area contributed by atoms with Gasteiger partial charge in [0.2, 0.25) is 0 Å². The molecule has 0 saturated carbocycles. The molecular weight excluding hydrogens is 336 g/mol. The van der Waals surface area contributed by atoms with Crippen LogP contribution in [0.1, 0.15) is 26.3 Å². The van der Waals surface area contributed by atoms with E-state index in [0.717, 1.165) is 0 Å². The van der Waals surface area contributed by atoms with Crippen molar-refractivity contribution in [2.75, 3.05) is 33.6 Å². The highest BCUT2D eigenvalue weighted by molar-refractivity contribution is 5.95. The Balaban J connectivity index is 2.27. The van der Waals surface area contributed by atoms with Gasteiger partial charge in [0, 0.05) is 31.8 Å². The third-order valence-electron chi connectivity index (χ3n) is 3.82. The van der Waals surface area contributed by atoms with Gasteiger partial charge in [-0.15, -0.1) is 0 Å². The average Bonchev–Trinajstić information content (AvgIpc) is 2.65. The molecule has 0 atom stereocenters. The second kappa shape index (κ2) is 8.24. The summed E-state index contributed by atoms with van der Waals surface area (Å²) < 4.78 is 10.0. The van der Waals surface area contributed by atoms with Gasteiger partial charge in [0.15, 0.2) is 0 Å². The quantitative estimate of drug-likeness (QED) is 0.772. The number of hydrogen-bond acceptors (Lipinski definition) is 6. The molecular formula is C19H22N2O5. The first-order valence-corrected chi connectivity index (χ1v) is 7.91. The molecule has 0 fully saturated rings. The number of phenolic OH excluding ortho intramolecular Hbond substituents is 1. The molecule has 0 saturated heterocycles. The minimum atomic E-state index is -0.484. The lowest BCUT2D eigenvalue weighted by molar-refractivity contribution is 0.0600. The van der Waals surface area contributed by atoms with E-state index in [1.165, 1.54) is 31.3 Å². The molecule has 0 radical (unpaired) electrons. The summed E-state index contributed by atoms with van der Waals surface area (Å²) in [6, 6.07) is 9.54. The van der Waals surface area contributed by atoms with Gasteiger partial charge in [-0.2, -0.15) is 0 Å². The highest BCUT2D eigenvalue weighted by Crippen LogP contribution is 2.28. The van der Waals surface area contributed by atoms with Crippen molar-refractivity contribution >= 4 is 17.6 Å². The molecule has 0 aliphatic rings. The van der Waals surface area contributed by atoms with Crippen LogP contribution >= 0.6 is 0 Å². The number of rotatable bonds is 6. The molecule has 2 aromatic rings. The van der Waals surface area contributed by atoms with Gasteiger partial charge in [0.25, 0.3) is 5.91 Å². The second-order valence-electron chi connectivity index (χ2n) is 5.80. The molecule has 0 spiro atoms. The monoisotopic (exact) mass is 358 g/mol. The minimum absolute atomic E-state index is 0.0460. The van der Waals surface area contributed by atoms with Crippen LogP contribution in [0.3, 0.4) is 0 Å². The molecule has 7 nitrogen and oxygen atoms in total. The molecule has 1 amide bonds. The lowest BCUT2D eigenvalue weighted by atomic mass is 10.1. The van der Waals surface area contributed by atoms with Crippen LogP contribution in [-0.2, 0) is 11.3 Å². The first-order chi connectivity index (χ1) is 12.4. The summed E-state index contributed by atoms with van der Waals surface area (Å²) in [5.41, 5.74) is 1.96. The van der Waals surface area contributed by atoms with Crippen molar-refractivity contribution in [2.24, 2.45) is 0 Å². The number of amides is 1. The molecule has 0 aliphatic heterocycles. The molecule has 2 aromatic carbocycles. The number of anilines is 1. The van der Waals surface area contributed by atoms with Gasteiger partial charge in [-0.1, -0.05) is 0 Å². The van der Waals surface area contributed by atoms with Crippen LogP contribution in [0, 0.1) is 0 Å². The summed E-state index contributed by atoms with van der Waals surface area (Å²) in [5, 5.41) is 13.2. The Hall–Kier alpha value is -3.22. The van der Waals surface area contributed by atoms with Gasteiger partial charge in [-0.25, -0.2) is 4.79 Å². The summed E-state index contributed by atoms with van der Waals surface area (Å²) in [4.78, 5) is 25.3. The SMILES string of the molecule is COC(=O)c1ccc(O)c(CNc2cc(C(=O)N(C)C)ccc2OC)c1. The Morgan fingerprint density at radius 3 is 2.38 bits per heavy atom. The molecule has 0 aliphatic carbocycles. The van der Waals surface area contributed by atoms with Gasteiger partial charge < -0.3 is 24.8 Å². The lowest BCUT2D eigenvalue weighted by Gasteiger charge is -2.15. The van der Waals surface area contributed by atoms with E-state index in [0.29, 0.717) is 28.1 Å². The number of methoxy groups -OCH3 is 2. The Labute approximate surface area is 152 Å². The van der Waals surface area contributed by atoms with E-state index in [1.807, 2.05) is 0 Å². The van der Waals surface area contributed by atoms with Crippen LogP contribution in [0.2, 0.25) is 0 Å². The number of esters is 1. The summed E-state index contributed by atoms with van der Waals surface area (Å²) in [5.74, 6) is -0.0118. The predicted molar refractivity (Wildman–Crippen MR) is 97.8 cm³/mol. The highest BCUT2D eigenvalue weighted by Gasteiger charge is 2.13. The molecule has 26 heavy (non-hydrogen) atoms. The fourth-order valence-corrected chi connectivity index (χ4v) is 2.40. The topological polar surface area (TPSA) is 88.1 Å². The number of benzene rings is 2. The van der Waals surface area contributed by atoms with Crippen LogP contribution in [0.15, 0.2) is 36.4 Å². The molecule has 0 unspecified atom stereocenters. The fourth-order valence-electron chi connectivity index (χ4n) is 2.40. The van der Waals surface area contributed by atoms with Crippen molar-refractivity contribution in [3.05, 3.63) is 53.1 Å². The van der Waals surface area contributed by atoms with E-state index in [2.05, 4.69) is 5.32 Å². The zero-order chi connectivity index (χ0) is 19.3. The van der Waals surface area contributed by atoms with Gasteiger partial charge in [0.05, 0.1) is 25.5 Å². The van der Waals surface area contributed by atoms with Crippen LogP contribution in [0.5, 0.6) is 11.5 Å². The summed E-state index contributed by atoms with van der Waals surface area (Å²) >= 11 is 0. The van der Waals surface area contributed by atoms with E-state index >= 15 is 0 Å². The van der Waals surface area contributed by atoms with Crippen molar-refractivity contribution in [3.8, 4) is 11.5 Å². The van der Waals surface area contributed by atoms with Gasteiger partial charge in [-0.3, -0.25) is 4.79 Å². The number of nitrogens with one attached hydrogen (secondary N) is 1. The smallest absolute Gasteiger partial charge is 0.337 e. The number of phenols is 1. The lowest BCUT2D eigenvalue weighted by Crippen LogP contribution is -2.21. The number of ether oxygens (including phenoxy) is 2. The third-order valence-corrected chi connectivity index (χ3v) is 3.82. The van der Waals surface area contributed by atoms with E-state index in [9.17, 15) is 14.7 Å². The van der Waals surface area contributed by atoms with Gasteiger partial charge >= 0.3 is 5.97 Å². The van der Waals surface area contributed by atoms with Crippen LogP contribution in [0.25, 0.3) is 0 Å². The number of aromatic hydroxyl groups is 1. The largest absolute Gasteiger partial charge is 0.508 e. The normalized spacial score (nSPS) is 10.2. The van der Waals surface area contributed by atoms with Crippen LogP contribution < -0.4 is 10.1 Å². The molecule has 7 heteroatoms. The fraction of sp³-hybridized carbons (Fsp3) is 0.263. The first-order valence-electron chi connectivity index (χ1n) is 7.91. The van der Waals surface area contributed by atoms with E-state index in [4.69, 9.17) is 9.47 Å². The zero-order valence-corrected chi connectivity index (χ0v) is 15.2. The van der Waals surface area contributed by atoms with Crippen molar-refractivity contribution in [1.82, 2.24) is 4.90 Å². The second-order valence-corrected chi connectivity index (χ2v) is 5.80. The van der Waals surface area contributed by atoms with Crippen molar-refractivity contribution in [3.63, 3.8) is 0 Å². The Morgan fingerprint density at radius 2 is 1.77 bits per heavy atom. The van der Waals surface area contributed by atoms with Gasteiger partial charge in [0.1, 0.15) is 11.5 Å². The third kappa shape index (κ3) is 4.24. The van der Waals surface area contributed by atoms with E-state index in [1.54, 1.807) is 38.4 Å². The molecule has 138 valence electrons. The maximum Gasteiger partial charge on any atom is 0.337 e. The average molecular weight is 358 g/mol. The first kappa shape index (κ1) is 19.1. The maximum absolute atomic E-state index is 12.1. The summed E-state index contributed by atoms with van der Waals surface area (Å²) in [7, 11) is 6.18. The number of nitrogens with zero attached hydrogens (tertiary/aromatic N) is 1. The van der Waals surface area contributed by atoms with E-state index in [-0.39, 0.29) is 18.2 Å².